The van der Waals surface area contributed by atoms with Gasteiger partial charge >= 0.3 is 0 Å². The highest BCUT2D eigenvalue weighted by Crippen LogP contribution is 2.15. The maximum Gasteiger partial charge on any atom is 0.221 e. The first-order valence-corrected chi connectivity index (χ1v) is 5.89. The number of amides is 1. The first-order valence-electron chi connectivity index (χ1n) is 5.89. The lowest BCUT2D eigenvalue weighted by Gasteiger charge is -2.08. The molecule has 3 N–H and O–H groups in total. The van der Waals surface area contributed by atoms with Crippen molar-refractivity contribution >= 4 is 11.6 Å². The molecule has 0 spiro atoms. The van der Waals surface area contributed by atoms with Gasteiger partial charge in [0.15, 0.2) is 0 Å². The Labute approximate surface area is 111 Å². The van der Waals surface area contributed by atoms with Crippen LogP contribution in [0.5, 0.6) is 5.75 Å². The first-order chi connectivity index (χ1) is 9.08. The maximum absolute atomic E-state index is 10.8. The molecule has 0 aliphatic heterocycles. The van der Waals surface area contributed by atoms with Crippen LogP contribution in [0.4, 0.5) is 5.69 Å². The van der Waals surface area contributed by atoms with Crippen LogP contribution in [0.3, 0.4) is 0 Å². The van der Waals surface area contributed by atoms with Crippen molar-refractivity contribution < 1.29 is 24.8 Å². The fraction of sp³-hybridized carbons (Fsp3) is 0.417. The van der Waals surface area contributed by atoms with Gasteiger partial charge in [0.2, 0.25) is 5.91 Å². The Balaban J connectivity index is 2.17. The summed E-state index contributed by atoms with van der Waals surface area (Å²) < 4.78 is 5.47. The monoisotopic (exact) mass is 270 g/mol. The number of benzene rings is 1. The van der Waals surface area contributed by atoms with Crippen molar-refractivity contribution in [1.82, 2.24) is 5.39 Å². The quantitative estimate of drug-likeness (QED) is 0.493. The Hall–Kier alpha value is -1.67. The second-order valence-corrected chi connectivity index (χ2v) is 3.85. The second kappa shape index (κ2) is 8.44. The van der Waals surface area contributed by atoms with E-state index in [1.807, 2.05) is 0 Å². The van der Waals surface area contributed by atoms with Gasteiger partial charge in [0.25, 0.3) is 0 Å². The van der Waals surface area contributed by atoms with Crippen LogP contribution < -0.4 is 10.1 Å². The second-order valence-electron chi connectivity index (χ2n) is 3.85. The highest BCUT2D eigenvalue weighted by atomic mass is 17.1. The standard InChI is InChI=1S/C12H18N2O5/c1-10(15)13-11-4-6-12(7-5-11)18-8-2-3-9-19-14(16)17/h4-7,16-17H,2-3,8-9H2,1H3,(H,13,15). The minimum absolute atomic E-state index is 0.115. The third kappa shape index (κ3) is 7.37. The van der Waals surface area contributed by atoms with E-state index < -0.39 is 0 Å². The molecule has 0 unspecified atom stereocenters. The van der Waals surface area contributed by atoms with Crippen LogP contribution in [0.25, 0.3) is 0 Å². The first kappa shape index (κ1) is 15.4. The zero-order valence-corrected chi connectivity index (χ0v) is 10.7. The summed E-state index contributed by atoms with van der Waals surface area (Å²) in [6, 6.07) is 7.06. The number of carbonyl (C=O) groups is 1. The molecule has 1 amide bonds. The Bertz CT molecular complexity index is 380. The van der Waals surface area contributed by atoms with Crippen molar-refractivity contribution in [3.8, 4) is 5.75 Å². The van der Waals surface area contributed by atoms with E-state index in [1.54, 1.807) is 24.3 Å². The minimum atomic E-state index is -0.304. The van der Waals surface area contributed by atoms with Gasteiger partial charge in [-0.25, -0.2) is 0 Å². The fourth-order valence-corrected chi connectivity index (χ4v) is 1.38. The van der Waals surface area contributed by atoms with Crippen molar-refractivity contribution in [3.05, 3.63) is 24.3 Å². The van der Waals surface area contributed by atoms with Gasteiger partial charge in [0, 0.05) is 12.6 Å². The predicted octanol–water partition coefficient (Wildman–Crippen LogP) is 1.82. The molecule has 1 aromatic carbocycles. The Kier molecular flexibility index (Phi) is 6.83. The van der Waals surface area contributed by atoms with E-state index in [0.29, 0.717) is 18.8 Å². The molecule has 0 aliphatic rings. The van der Waals surface area contributed by atoms with Crippen LogP contribution in [0.2, 0.25) is 0 Å². The van der Waals surface area contributed by atoms with Crippen LogP contribution in [0.15, 0.2) is 24.3 Å². The molecule has 7 nitrogen and oxygen atoms in total. The average Bonchev–Trinajstić information content (AvgIpc) is 2.34. The molecule has 0 aliphatic carbocycles. The normalized spacial score (nSPS) is 10.5. The van der Waals surface area contributed by atoms with Gasteiger partial charge in [-0.3, -0.25) is 20.0 Å². The molecule has 106 valence electrons. The van der Waals surface area contributed by atoms with Crippen molar-refractivity contribution in [1.29, 1.82) is 0 Å². The Morgan fingerprint density at radius 1 is 1.21 bits per heavy atom. The van der Waals surface area contributed by atoms with Gasteiger partial charge in [-0.2, -0.15) is 0 Å². The van der Waals surface area contributed by atoms with E-state index in [4.69, 9.17) is 15.2 Å². The van der Waals surface area contributed by atoms with Crippen molar-refractivity contribution in [3.63, 3.8) is 0 Å². The average molecular weight is 270 g/mol. The number of unbranched alkanes of at least 4 members (excludes halogenated alkanes) is 1. The topological polar surface area (TPSA) is 91.3 Å². The van der Waals surface area contributed by atoms with Gasteiger partial charge in [-0.1, -0.05) is 0 Å². The largest absolute Gasteiger partial charge is 0.494 e. The summed E-state index contributed by atoms with van der Waals surface area (Å²) in [6.45, 7) is 2.16. The number of rotatable bonds is 8. The molecule has 7 heteroatoms. The molecule has 0 saturated heterocycles. The van der Waals surface area contributed by atoms with E-state index in [0.717, 1.165) is 12.1 Å². The van der Waals surface area contributed by atoms with E-state index in [1.165, 1.54) is 6.92 Å². The Morgan fingerprint density at radius 3 is 2.42 bits per heavy atom. The third-order valence-corrected chi connectivity index (χ3v) is 2.19. The SMILES string of the molecule is CC(=O)Nc1ccc(OCCCCON(O)O)cc1. The van der Waals surface area contributed by atoms with E-state index in [9.17, 15) is 4.79 Å². The van der Waals surface area contributed by atoms with E-state index in [-0.39, 0.29) is 17.9 Å². The highest BCUT2D eigenvalue weighted by Gasteiger charge is 1.98. The summed E-state index contributed by atoms with van der Waals surface area (Å²) in [5.41, 5.74) is 0.722. The summed E-state index contributed by atoms with van der Waals surface area (Å²) in [7, 11) is 0. The van der Waals surface area contributed by atoms with Crippen LogP contribution in [0, 0.1) is 0 Å². The molecule has 0 aromatic heterocycles. The van der Waals surface area contributed by atoms with Crippen molar-refractivity contribution in [2.24, 2.45) is 0 Å². The molecule has 0 saturated carbocycles. The number of nitrogens with zero attached hydrogens (tertiary/aromatic N) is 1. The van der Waals surface area contributed by atoms with Crippen molar-refractivity contribution in [2.45, 2.75) is 19.8 Å². The lowest BCUT2D eigenvalue weighted by Crippen LogP contribution is -2.15. The molecule has 0 fully saturated rings. The lowest BCUT2D eigenvalue weighted by atomic mass is 10.3. The zero-order chi connectivity index (χ0) is 14.1. The maximum atomic E-state index is 10.8. The van der Waals surface area contributed by atoms with Crippen LogP contribution in [-0.2, 0) is 9.63 Å². The predicted molar refractivity (Wildman–Crippen MR) is 66.8 cm³/mol. The molecule has 1 aromatic rings. The van der Waals surface area contributed by atoms with E-state index >= 15 is 0 Å². The summed E-state index contributed by atoms with van der Waals surface area (Å²) in [5, 5.41) is 18.9. The van der Waals surface area contributed by atoms with Crippen LogP contribution in [-0.4, -0.2) is 34.9 Å². The number of hydrogen-bond donors (Lipinski definition) is 3. The Morgan fingerprint density at radius 2 is 1.84 bits per heavy atom. The highest BCUT2D eigenvalue weighted by molar-refractivity contribution is 5.88. The lowest BCUT2D eigenvalue weighted by molar-refractivity contribution is -0.492. The molecule has 19 heavy (non-hydrogen) atoms. The number of ether oxygens (including phenoxy) is 1. The van der Waals surface area contributed by atoms with Gasteiger partial charge in [0.05, 0.1) is 18.6 Å². The molecule has 0 bridgehead atoms. The van der Waals surface area contributed by atoms with Gasteiger partial charge in [-0.05, 0) is 37.1 Å². The summed E-state index contributed by atoms with van der Waals surface area (Å²) >= 11 is 0. The smallest absolute Gasteiger partial charge is 0.221 e. The van der Waals surface area contributed by atoms with Crippen molar-refractivity contribution in [2.75, 3.05) is 18.5 Å². The molecule has 0 heterocycles. The number of hydrogen-bond acceptors (Lipinski definition) is 6. The summed E-state index contributed by atoms with van der Waals surface area (Å²) in [6.07, 6.45) is 1.36. The molecular formula is C12H18N2O5. The van der Waals surface area contributed by atoms with Crippen LogP contribution in [0.1, 0.15) is 19.8 Å². The molecule has 0 radical (unpaired) electrons. The minimum Gasteiger partial charge on any atom is -0.494 e. The number of anilines is 1. The number of nitrogens with one attached hydrogen (secondary N) is 1. The molecule has 1 rings (SSSR count). The fourth-order valence-electron chi connectivity index (χ4n) is 1.38. The summed E-state index contributed by atoms with van der Waals surface area (Å²) in [5.74, 6) is 0.594. The van der Waals surface area contributed by atoms with Gasteiger partial charge in [0.1, 0.15) is 5.75 Å². The van der Waals surface area contributed by atoms with E-state index in [2.05, 4.69) is 10.2 Å². The zero-order valence-electron chi connectivity index (χ0n) is 10.7. The van der Waals surface area contributed by atoms with Gasteiger partial charge in [-0.15, -0.1) is 0 Å². The summed E-state index contributed by atoms with van der Waals surface area (Å²) in [4.78, 5) is 15.2. The third-order valence-electron chi connectivity index (χ3n) is 2.19. The van der Waals surface area contributed by atoms with Gasteiger partial charge < -0.3 is 10.1 Å². The number of carbonyl (C=O) groups excluding carboxylic acids is 1. The molecule has 0 atom stereocenters. The van der Waals surface area contributed by atoms with Crippen LogP contribution >= 0.6 is 0 Å². The molecular weight excluding hydrogens is 252 g/mol.